The van der Waals surface area contributed by atoms with Crippen LogP contribution in [-0.4, -0.2) is 47.0 Å². The summed E-state index contributed by atoms with van der Waals surface area (Å²) in [6.45, 7) is 6.41. The van der Waals surface area contributed by atoms with Crippen molar-refractivity contribution in [2.45, 2.75) is 38.8 Å². The topological polar surface area (TPSA) is 43.7 Å². The molecule has 1 fully saturated rings. The quantitative estimate of drug-likeness (QED) is 0.674. The second-order valence-corrected chi connectivity index (χ2v) is 4.22. The average molecular weight is 187 g/mol. The van der Waals surface area contributed by atoms with Gasteiger partial charge in [-0.15, -0.1) is 0 Å². The van der Waals surface area contributed by atoms with Gasteiger partial charge in [0.2, 0.25) is 0 Å². The van der Waals surface area contributed by atoms with Gasteiger partial charge in [-0.2, -0.15) is 0 Å². The molecule has 1 saturated heterocycles. The van der Waals surface area contributed by atoms with Crippen molar-refractivity contribution < 1.29 is 10.2 Å². The van der Waals surface area contributed by atoms with Crippen LogP contribution in [0.4, 0.5) is 0 Å². The van der Waals surface area contributed by atoms with Gasteiger partial charge in [-0.05, 0) is 45.7 Å². The smallest absolute Gasteiger partial charge is 0.0799 e. The van der Waals surface area contributed by atoms with Crippen molar-refractivity contribution in [3.63, 3.8) is 0 Å². The van der Waals surface area contributed by atoms with E-state index < -0.39 is 6.10 Å². The van der Waals surface area contributed by atoms with Crippen molar-refractivity contribution >= 4 is 0 Å². The Labute approximate surface area is 80.4 Å². The molecule has 1 rings (SSSR count). The molecule has 0 bridgehead atoms. The number of piperidine rings is 1. The van der Waals surface area contributed by atoms with E-state index >= 15 is 0 Å². The predicted molar refractivity (Wildman–Crippen MR) is 52.5 cm³/mol. The zero-order valence-corrected chi connectivity index (χ0v) is 8.61. The molecule has 0 aromatic rings. The van der Waals surface area contributed by atoms with Gasteiger partial charge in [-0.3, -0.25) is 0 Å². The summed E-state index contributed by atoms with van der Waals surface area (Å²) in [5.74, 6) is 0.306. The zero-order valence-electron chi connectivity index (χ0n) is 8.61. The molecule has 1 heterocycles. The minimum atomic E-state index is -0.505. The Kier molecular flexibility index (Phi) is 4.16. The average Bonchev–Trinajstić information content (AvgIpc) is 2.17. The highest BCUT2D eigenvalue weighted by Crippen LogP contribution is 2.21. The number of hydrogen-bond donors (Lipinski definition) is 2. The van der Waals surface area contributed by atoms with E-state index in [1.165, 1.54) is 0 Å². The van der Waals surface area contributed by atoms with E-state index in [1.807, 2.05) is 0 Å². The molecule has 0 amide bonds. The first-order chi connectivity index (χ1) is 6.15. The molecule has 0 aromatic heterocycles. The summed E-state index contributed by atoms with van der Waals surface area (Å²) in [6, 6.07) is 0.604. The predicted octanol–water partition coefficient (Wildman–Crippen LogP) is 0.460. The van der Waals surface area contributed by atoms with Gasteiger partial charge in [-0.25, -0.2) is 0 Å². The van der Waals surface area contributed by atoms with E-state index in [0.717, 1.165) is 25.9 Å². The molecule has 0 saturated carbocycles. The van der Waals surface area contributed by atoms with Crippen molar-refractivity contribution in [3.05, 3.63) is 0 Å². The first-order valence-corrected chi connectivity index (χ1v) is 5.18. The molecule has 3 heteroatoms. The summed E-state index contributed by atoms with van der Waals surface area (Å²) >= 11 is 0. The van der Waals surface area contributed by atoms with E-state index in [2.05, 4.69) is 18.7 Å². The molecular formula is C10H21NO2. The third kappa shape index (κ3) is 2.93. The van der Waals surface area contributed by atoms with Gasteiger partial charge < -0.3 is 15.1 Å². The molecule has 1 aliphatic rings. The highest BCUT2D eigenvalue weighted by molar-refractivity contribution is 4.78. The van der Waals surface area contributed by atoms with E-state index in [-0.39, 0.29) is 6.61 Å². The van der Waals surface area contributed by atoms with Gasteiger partial charge in [0.25, 0.3) is 0 Å². The maximum absolute atomic E-state index is 9.44. The van der Waals surface area contributed by atoms with Crippen LogP contribution in [0.5, 0.6) is 0 Å². The normalized spacial score (nSPS) is 23.8. The standard InChI is InChI=1S/C10H21NO2/c1-8(2)11-5-3-9(4-6-11)10(13)7-12/h8-10,12-13H,3-7H2,1-2H3. The fourth-order valence-electron chi connectivity index (χ4n) is 1.97. The molecule has 78 valence electrons. The molecule has 2 N–H and O–H groups in total. The van der Waals surface area contributed by atoms with Gasteiger partial charge in [0.15, 0.2) is 0 Å². The van der Waals surface area contributed by atoms with Gasteiger partial charge in [0.05, 0.1) is 12.7 Å². The largest absolute Gasteiger partial charge is 0.394 e. The lowest BCUT2D eigenvalue weighted by Crippen LogP contribution is -2.42. The first kappa shape index (κ1) is 11.0. The number of nitrogens with zero attached hydrogens (tertiary/aromatic N) is 1. The molecule has 13 heavy (non-hydrogen) atoms. The van der Waals surface area contributed by atoms with Gasteiger partial charge in [0.1, 0.15) is 0 Å². The molecule has 0 spiro atoms. The summed E-state index contributed by atoms with van der Waals surface area (Å²) in [4.78, 5) is 2.42. The SMILES string of the molecule is CC(C)N1CCC(C(O)CO)CC1. The van der Waals surface area contributed by atoms with Crippen molar-refractivity contribution in [2.24, 2.45) is 5.92 Å². The molecule has 1 unspecified atom stereocenters. The van der Waals surface area contributed by atoms with E-state index in [9.17, 15) is 5.11 Å². The van der Waals surface area contributed by atoms with Gasteiger partial charge in [-0.1, -0.05) is 0 Å². The van der Waals surface area contributed by atoms with Crippen LogP contribution >= 0.6 is 0 Å². The van der Waals surface area contributed by atoms with Crippen molar-refractivity contribution in [1.82, 2.24) is 4.90 Å². The van der Waals surface area contributed by atoms with Crippen LogP contribution in [0.3, 0.4) is 0 Å². The lowest BCUT2D eigenvalue weighted by Gasteiger charge is -2.35. The Hall–Kier alpha value is -0.120. The molecule has 1 aliphatic heterocycles. The Bertz CT molecular complexity index is 142. The van der Waals surface area contributed by atoms with Crippen LogP contribution in [0.1, 0.15) is 26.7 Å². The van der Waals surface area contributed by atoms with Gasteiger partial charge >= 0.3 is 0 Å². The number of aliphatic hydroxyl groups is 2. The maximum Gasteiger partial charge on any atom is 0.0799 e. The monoisotopic (exact) mass is 187 g/mol. The van der Waals surface area contributed by atoms with E-state index in [4.69, 9.17) is 5.11 Å². The summed E-state index contributed by atoms with van der Waals surface area (Å²) < 4.78 is 0. The van der Waals surface area contributed by atoms with Crippen LogP contribution in [0.2, 0.25) is 0 Å². The third-order valence-corrected chi connectivity index (χ3v) is 3.04. The first-order valence-electron chi connectivity index (χ1n) is 5.18. The summed E-state index contributed by atoms with van der Waals surface area (Å²) in [7, 11) is 0. The van der Waals surface area contributed by atoms with Crippen LogP contribution in [0.25, 0.3) is 0 Å². The fraction of sp³-hybridized carbons (Fsp3) is 1.00. The van der Waals surface area contributed by atoms with Crippen molar-refractivity contribution in [2.75, 3.05) is 19.7 Å². The highest BCUT2D eigenvalue weighted by Gasteiger charge is 2.25. The molecule has 0 radical (unpaired) electrons. The molecule has 0 aromatic carbocycles. The summed E-state index contributed by atoms with van der Waals surface area (Å²) in [6.07, 6.45) is 1.52. The number of rotatable bonds is 3. The second-order valence-electron chi connectivity index (χ2n) is 4.22. The lowest BCUT2D eigenvalue weighted by molar-refractivity contribution is 0.0136. The minimum Gasteiger partial charge on any atom is -0.394 e. The Morgan fingerprint density at radius 3 is 2.23 bits per heavy atom. The summed E-state index contributed by atoms with van der Waals surface area (Å²) in [5, 5.41) is 18.2. The van der Waals surface area contributed by atoms with E-state index in [0.29, 0.717) is 12.0 Å². The Morgan fingerprint density at radius 1 is 1.31 bits per heavy atom. The number of likely N-dealkylation sites (tertiary alicyclic amines) is 1. The van der Waals surface area contributed by atoms with E-state index in [1.54, 1.807) is 0 Å². The van der Waals surface area contributed by atoms with Crippen LogP contribution in [-0.2, 0) is 0 Å². The van der Waals surface area contributed by atoms with Crippen LogP contribution in [0.15, 0.2) is 0 Å². The van der Waals surface area contributed by atoms with Crippen molar-refractivity contribution in [3.8, 4) is 0 Å². The number of hydrogen-bond acceptors (Lipinski definition) is 3. The molecule has 3 nitrogen and oxygen atoms in total. The lowest BCUT2D eigenvalue weighted by atomic mass is 9.91. The van der Waals surface area contributed by atoms with Crippen LogP contribution < -0.4 is 0 Å². The summed E-state index contributed by atoms with van der Waals surface area (Å²) in [5.41, 5.74) is 0. The zero-order chi connectivity index (χ0) is 9.84. The Morgan fingerprint density at radius 2 is 1.85 bits per heavy atom. The fourth-order valence-corrected chi connectivity index (χ4v) is 1.97. The second kappa shape index (κ2) is 4.94. The maximum atomic E-state index is 9.44. The van der Waals surface area contributed by atoms with Crippen molar-refractivity contribution in [1.29, 1.82) is 0 Å². The van der Waals surface area contributed by atoms with Gasteiger partial charge in [0, 0.05) is 6.04 Å². The molecular weight excluding hydrogens is 166 g/mol. The Balaban J connectivity index is 2.30. The van der Waals surface area contributed by atoms with Crippen LogP contribution in [0, 0.1) is 5.92 Å². The minimum absolute atomic E-state index is 0.0909. The highest BCUT2D eigenvalue weighted by atomic mass is 16.3. The third-order valence-electron chi connectivity index (χ3n) is 3.04. The number of aliphatic hydroxyl groups excluding tert-OH is 2. The molecule has 0 aliphatic carbocycles. The molecule has 1 atom stereocenters.